The molecule has 0 amide bonds. The summed E-state index contributed by atoms with van der Waals surface area (Å²) in [5, 5.41) is 7.07. The summed E-state index contributed by atoms with van der Waals surface area (Å²) in [5.41, 5.74) is -0.506. The molecule has 5 nitrogen and oxygen atoms in total. The Kier molecular flexibility index (Phi) is 3.82. The molecule has 0 aromatic carbocycles. The number of halogens is 3. The van der Waals surface area contributed by atoms with E-state index in [-0.39, 0.29) is 6.42 Å². The second-order valence-corrected chi connectivity index (χ2v) is 5.39. The molecule has 1 unspecified atom stereocenters. The Balaban J connectivity index is 3.02. The van der Waals surface area contributed by atoms with E-state index in [0.29, 0.717) is 17.6 Å². The smallest absolute Gasteiger partial charge is 0.470 e. The minimum Gasteiger partial charge on any atom is -0.478 e. The van der Waals surface area contributed by atoms with E-state index in [2.05, 4.69) is 0 Å². The predicted octanol–water partition coefficient (Wildman–Crippen LogP) is 0.989. The number of carboxylic acids is 1. The SMILES string of the molecule is O=C(O)C1=CCCCC1S(=O)(=O)NC(F)(F)F. The lowest BCUT2D eigenvalue weighted by Gasteiger charge is -2.22. The van der Waals surface area contributed by atoms with Crippen molar-refractivity contribution in [1.82, 2.24) is 4.72 Å². The van der Waals surface area contributed by atoms with Crippen LogP contribution in [0.3, 0.4) is 0 Å². The van der Waals surface area contributed by atoms with Gasteiger partial charge in [-0.15, -0.1) is 4.72 Å². The summed E-state index contributed by atoms with van der Waals surface area (Å²) in [6, 6.07) is 0. The van der Waals surface area contributed by atoms with Gasteiger partial charge in [0.1, 0.15) is 5.25 Å². The third kappa shape index (κ3) is 3.70. The van der Waals surface area contributed by atoms with Crippen molar-refractivity contribution in [3.05, 3.63) is 11.6 Å². The van der Waals surface area contributed by atoms with Crippen molar-refractivity contribution in [3.63, 3.8) is 0 Å². The van der Waals surface area contributed by atoms with Crippen molar-refractivity contribution in [1.29, 1.82) is 0 Å². The van der Waals surface area contributed by atoms with Gasteiger partial charge in [-0.3, -0.25) is 0 Å². The standard InChI is InChI=1S/C8H10F3NO4S/c9-8(10,11)12-17(15,16)6-4-2-1-3-5(6)7(13)14/h3,6,12H,1-2,4H2,(H,13,14). The van der Waals surface area contributed by atoms with E-state index < -0.39 is 33.1 Å². The third-order valence-corrected chi connectivity index (χ3v) is 4.02. The molecule has 1 aliphatic carbocycles. The molecule has 1 aliphatic rings. The minimum absolute atomic E-state index is 0.135. The molecule has 0 saturated carbocycles. The van der Waals surface area contributed by atoms with Gasteiger partial charge in [0.25, 0.3) is 0 Å². The van der Waals surface area contributed by atoms with Crippen LogP contribution in [0, 0.1) is 0 Å². The number of hydrogen-bond acceptors (Lipinski definition) is 3. The van der Waals surface area contributed by atoms with Crippen LogP contribution >= 0.6 is 0 Å². The highest BCUT2D eigenvalue weighted by molar-refractivity contribution is 7.90. The van der Waals surface area contributed by atoms with Gasteiger partial charge in [0.05, 0.1) is 5.57 Å². The maximum atomic E-state index is 12.0. The molecule has 0 aliphatic heterocycles. The second kappa shape index (κ2) is 4.65. The summed E-state index contributed by atoms with van der Waals surface area (Å²) in [6.07, 6.45) is -3.41. The van der Waals surface area contributed by atoms with Crippen LogP contribution in [-0.4, -0.2) is 31.0 Å². The predicted molar refractivity (Wildman–Crippen MR) is 51.5 cm³/mol. The number of carboxylic acid groups (broad SMARTS) is 1. The molecule has 0 spiro atoms. The van der Waals surface area contributed by atoms with Crippen molar-refractivity contribution in [2.75, 3.05) is 0 Å². The van der Waals surface area contributed by atoms with Gasteiger partial charge >= 0.3 is 12.3 Å². The summed E-state index contributed by atoms with van der Waals surface area (Å²) in [6.45, 7) is 0. The fraction of sp³-hybridized carbons (Fsp3) is 0.625. The van der Waals surface area contributed by atoms with Gasteiger partial charge in [0.15, 0.2) is 0 Å². The van der Waals surface area contributed by atoms with Gasteiger partial charge in [-0.2, -0.15) is 13.2 Å². The maximum absolute atomic E-state index is 12.0. The molecule has 0 aromatic heterocycles. The number of aliphatic carboxylic acids is 1. The quantitative estimate of drug-likeness (QED) is 0.751. The van der Waals surface area contributed by atoms with E-state index in [4.69, 9.17) is 5.11 Å². The number of sulfonamides is 1. The van der Waals surface area contributed by atoms with Crippen LogP contribution < -0.4 is 4.72 Å². The molecule has 0 heterocycles. The second-order valence-electron chi connectivity index (χ2n) is 3.53. The van der Waals surface area contributed by atoms with Crippen LogP contribution in [0.5, 0.6) is 0 Å². The van der Waals surface area contributed by atoms with Gasteiger partial charge in [0.2, 0.25) is 10.0 Å². The van der Waals surface area contributed by atoms with Crippen molar-refractivity contribution < 1.29 is 31.5 Å². The number of carbonyl (C=O) groups is 1. The Morgan fingerprint density at radius 1 is 1.47 bits per heavy atom. The molecule has 0 bridgehead atoms. The van der Waals surface area contributed by atoms with E-state index in [1.54, 1.807) is 0 Å². The molecule has 17 heavy (non-hydrogen) atoms. The zero-order valence-corrected chi connectivity index (χ0v) is 9.31. The summed E-state index contributed by atoms with van der Waals surface area (Å²) in [4.78, 5) is 10.7. The molecule has 0 saturated heterocycles. The fourth-order valence-corrected chi connectivity index (χ4v) is 3.10. The zero-order valence-electron chi connectivity index (χ0n) is 8.49. The van der Waals surface area contributed by atoms with Gasteiger partial charge in [0, 0.05) is 0 Å². The van der Waals surface area contributed by atoms with Crippen LogP contribution in [0.25, 0.3) is 0 Å². The minimum atomic E-state index is -5.10. The highest BCUT2D eigenvalue weighted by atomic mass is 32.2. The largest absolute Gasteiger partial charge is 0.478 e. The fourth-order valence-electron chi connectivity index (χ4n) is 1.63. The number of rotatable bonds is 3. The maximum Gasteiger partial charge on any atom is 0.470 e. The summed E-state index contributed by atoms with van der Waals surface area (Å²) in [5.74, 6) is -1.51. The van der Waals surface area contributed by atoms with E-state index in [0.717, 1.165) is 6.08 Å². The number of hydrogen-bond donors (Lipinski definition) is 2. The number of alkyl halides is 3. The Morgan fingerprint density at radius 2 is 2.06 bits per heavy atom. The van der Waals surface area contributed by atoms with Crippen LogP contribution in [0.2, 0.25) is 0 Å². The zero-order chi connectivity index (χ0) is 13.3. The van der Waals surface area contributed by atoms with Gasteiger partial charge in [-0.25, -0.2) is 13.2 Å². The first kappa shape index (κ1) is 14.0. The van der Waals surface area contributed by atoms with Crippen LogP contribution in [0.1, 0.15) is 19.3 Å². The molecule has 1 rings (SSSR count). The lowest BCUT2D eigenvalue weighted by Crippen LogP contribution is -2.45. The van der Waals surface area contributed by atoms with E-state index >= 15 is 0 Å². The molecule has 0 aromatic rings. The first-order chi connectivity index (χ1) is 7.63. The van der Waals surface area contributed by atoms with Crippen LogP contribution in [-0.2, 0) is 14.8 Å². The molecule has 0 fully saturated rings. The van der Waals surface area contributed by atoms with Crippen LogP contribution in [0.15, 0.2) is 11.6 Å². The van der Waals surface area contributed by atoms with Gasteiger partial charge in [-0.05, 0) is 19.3 Å². The Bertz CT molecular complexity index is 440. The molecular weight excluding hydrogens is 263 g/mol. The highest BCUT2D eigenvalue weighted by Crippen LogP contribution is 2.26. The Morgan fingerprint density at radius 3 is 2.53 bits per heavy atom. The first-order valence-corrected chi connectivity index (χ1v) is 6.21. The normalized spacial score (nSPS) is 22.1. The van der Waals surface area contributed by atoms with E-state index in [1.807, 2.05) is 0 Å². The Hall–Kier alpha value is -1.09. The van der Waals surface area contributed by atoms with Crippen molar-refractivity contribution >= 4 is 16.0 Å². The molecule has 1 atom stereocenters. The molecule has 98 valence electrons. The summed E-state index contributed by atoms with van der Waals surface area (Å²) >= 11 is 0. The summed E-state index contributed by atoms with van der Waals surface area (Å²) in [7, 11) is -4.76. The van der Waals surface area contributed by atoms with Crippen LogP contribution in [0.4, 0.5) is 13.2 Å². The molecule has 0 radical (unpaired) electrons. The van der Waals surface area contributed by atoms with E-state index in [9.17, 15) is 26.4 Å². The first-order valence-electron chi connectivity index (χ1n) is 4.66. The third-order valence-electron chi connectivity index (χ3n) is 2.26. The molecular formula is C8H10F3NO4S. The topological polar surface area (TPSA) is 83.5 Å². The summed E-state index contributed by atoms with van der Waals surface area (Å²) < 4.78 is 59.2. The van der Waals surface area contributed by atoms with Gasteiger partial charge in [-0.1, -0.05) is 6.08 Å². The Labute approximate surface area is 95.4 Å². The lowest BCUT2D eigenvalue weighted by atomic mass is 9.99. The van der Waals surface area contributed by atoms with E-state index in [1.165, 1.54) is 0 Å². The monoisotopic (exact) mass is 273 g/mol. The van der Waals surface area contributed by atoms with Crippen molar-refractivity contribution in [3.8, 4) is 0 Å². The lowest BCUT2D eigenvalue weighted by molar-refractivity contribution is -0.138. The van der Waals surface area contributed by atoms with Crippen molar-refractivity contribution in [2.24, 2.45) is 0 Å². The molecule has 2 N–H and O–H groups in total. The highest BCUT2D eigenvalue weighted by Gasteiger charge is 2.41. The van der Waals surface area contributed by atoms with Crippen molar-refractivity contribution in [2.45, 2.75) is 30.8 Å². The molecule has 9 heteroatoms. The average molecular weight is 273 g/mol. The van der Waals surface area contributed by atoms with Gasteiger partial charge < -0.3 is 5.11 Å². The number of nitrogens with one attached hydrogen (secondary N) is 1. The average Bonchev–Trinajstić information content (AvgIpc) is 2.14. The number of allylic oxidation sites excluding steroid dienone is 1.